The van der Waals surface area contributed by atoms with Gasteiger partial charge >= 0.3 is 0 Å². The molecule has 7 nitrogen and oxygen atoms in total. The number of sulfonamides is 1. The van der Waals surface area contributed by atoms with Crippen molar-refractivity contribution in [1.29, 1.82) is 0 Å². The first-order chi connectivity index (χ1) is 15.3. The highest BCUT2D eigenvalue weighted by Crippen LogP contribution is 2.16. The van der Waals surface area contributed by atoms with E-state index in [1.807, 2.05) is 30.3 Å². The Balaban J connectivity index is 1.43. The van der Waals surface area contributed by atoms with Crippen LogP contribution in [0.2, 0.25) is 0 Å². The standard InChI is InChI=1S/C23H28FN3O4S/c1-26(32(30,31)21-10-8-19(24)9-11-21)17-23(29)27-15-13-20(14-16-27)25-22(28)12-7-18-5-3-2-4-6-18/h2-6,8-11,20H,7,12-17H2,1H3,(H,25,28). The summed E-state index contributed by atoms with van der Waals surface area (Å²) in [5, 5.41) is 3.03. The zero-order valence-electron chi connectivity index (χ0n) is 18.0. The molecule has 2 aromatic carbocycles. The maximum Gasteiger partial charge on any atom is 0.243 e. The van der Waals surface area contributed by atoms with Crippen LogP contribution in [-0.4, -0.2) is 62.2 Å². The molecular formula is C23H28FN3O4S. The molecule has 1 N–H and O–H groups in total. The van der Waals surface area contributed by atoms with Gasteiger partial charge in [0.2, 0.25) is 21.8 Å². The molecule has 0 aromatic heterocycles. The SMILES string of the molecule is CN(CC(=O)N1CCC(NC(=O)CCc2ccccc2)CC1)S(=O)(=O)c1ccc(F)cc1. The fourth-order valence-electron chi connectivity index (χ4n) is 3.64. The number of piperidine rings is 1. The van der Waals surface area contributed by atoms with E-state index in [1.165, 1.54) is 19.2 Å². The summed E-state index contributed by atoms with van der Waals surface area (Å²) in [5.41, 5.74) is 1.11. The smallest absolute Gasteiger partial charge is 0.243 e. The summed E-state index contributed by atoms with van der Waals surface area (Å²) in [6, 6.07) is 14.3. The number of carbonyl (C=O) groups is 2. The number of nitrogens with one attached hydrogen (secondary N) is 1. The second-order valence-electron chi connectivity index (χ2n) is 7.92. The second kappa shape index (κ2) is 10.7. The highest BCUT2D eigenvalue weighted by molar-refractivity contribution is 7.89. The predicted octanol–water partition coefficient (Wildman–Crippen LogP) is 2.19. The van der Waals surface area contributed by atoms with Crippen LogP contribution < -0.4 is 5.32 Å². The van der Waals surface area contributed by atoms with Gasteiger partial charge in [-0.25, -0.2) is 12.8 Å². The Morgan fingerprint density at radius 1 is 1.06 bits per heavy atom. The van der Waals surface area contributed by atoms with Crippen molar-refractivity contribution in [2.45, 2.75) is 36.6 Å². The van der Waals surface area contributed by atoms with Gasteiger partial charge in [0.25, 0.3) is 0 Å². The monoisotopic (exact) mass is 461 g/mol. The predicted molar refractivity (Wildman–Crippen MR) is 119 cm³/mol. The Bertz CT molecular complexity index is 1020. The number of hydrogen-bond donors (Lipinski definition) is 1. The Labute approximate surface area is 188 Å². The van der Waals surface area contributed by atoms with E-state index in [9.17, 15) is 22.4 Å². The number of halogens is 1. The van der Waals surface area contributed by atoms with Gasteiger partial charge in [0.15, 0.2) is 0 Å². The van der Waals surface area contributed by atoms with Crippen molar-refractivity contribution in [3.63, 3.8) is 0 Å². The van der Waals surface area contributed by atoms with E-state index in [4.69, 9.17) is 0 Å². The summed E-state index contributed by atoms with van der Waals surface area (Å²) in [6.45, 7) is 0.605. The molecule has 0 radical (unpaired) electrons. The zero-order chi connectivity index (χ0) is 23.1. The lowest BCUT2D eigenvalue weighted by molar-refractivity contribution is -0.132. The van der Waals surface area contributed by atoms with Gasteiger partial charge in [0.1, 0.15) is 5.82 Å². The number of nitrogens with zero attached hydrogens (tertiary/aromatic N) is 2. The van der Waals surface area contributed by atoms with Crippen LogP contribution in [0.25, 0.3) is 0 Å². The van der Waals surface area contributed by atoms with Gasteiger partial charge in [-0.1, -0.05) is 30.3 Å². The highest BCUT2D eigenvalue weighted by Gasteiger charge is 2.28. The molecule has 1 heterocycles. The maximum atomic E-state index is 13.1. The fourth-order valence-corrected chi connectivity index (χ4v) is 4.76. The first-order valence-corrected chi connectivity index (χ1v) is 12.0. The van der Waals surface area contributed by atoms with Crippen molar-refractivity contribution in [3.05, 3.63) is 66.0 Å². The molecule has 2 aromatic rings. The molecule has 1 fully saturated rings. The summed E-state index contributed by atoms with van der Waals surface area (Å²) in [7, 11) is -2.55. The van der Waals surface area contributed by atoms with Gasteiger partial charge in [-0.15, -0.1) is 0 Å². The number of carbonyl (C=O) groups excluding carboxylic acids is 2. The quantitative estimate of drug-likeness (QED) is 0.653. The number of hydrogen-bond acceptors (Lipinski definition) is 4. The van der Waals surface area contributed by atoms with Crippen LogP contribution in [0.5, 0.6) is 0 Å². The third kappa shape index (κ3) is 6.37. The Hall–Kier alpha value is -2.78. The molecule has 0 atom stereocenters. The molecule has 0 aliphatic carbocycles. The van der Waals surface area contributed by atoms with Crippen LogP contribution in [-0.2, 0) is 26.0 Å². The van der Waals surface area contributed by atoms with Crippen LogP contribution in [0.1, 0.15) is 24.8 Å². The molecule has 2 amide bonds. The molecule has 0 unspecified atom stereocenters. The first-order valence-electron chi connectivity index (χ1n) is 10.6. The van der Waals surface area contributed by atoms with Crippen molar-refractivity contribution in [1.82, 2.24) is 14.5 Å². The van der Waals surface area contributed by atoms with E-state index >= 15 is 0 Å². The van der Waals surface area contributed by atoms with E-state index in [0.717, 1.165) is 22.0 Å². The van der Waals surface area contributed by atoms with E-state index in [-0.39, 0.29) is 29.3 Å². The number of rotatable bonds is 8. The molecule has 9 heteroatoms. The number of likely N-dealkylation sites (tertiary alicyclic amines) is 1. The van der Waals surface area contributed by atoms with E-state index in [1.54, 1.807) is 4.90 Å². The molecule has 1 aliphatic heterocycles. The van der Waals surface area contributed by atoms with Gasteiger partial charge < -0.3 is 10.2 Å². The lowest BCUT2D eigenvalue weighted by Gasteiger charge is -2.33. The van der Waals surface area contributed by atoms with Gasteiger partial charge in [-0.05, 0) is 49.1 Å². The van der Waals surface area contributed by atoms with Crippen molar-refractivity contribution in [2.24, 2.45) is 0 Å². The number of benzene rings is 2. The fraction of sp³-hybridized carbons (Fsp3) is 0.391. The molecule has 3 rings (SSSR count). The van der Waals surface area contributed by atoms with Crippen LogP contribution in [0, 0.1) is 5.82 Å². The molecule has 0 bridgehead atoms. The molecule has 0 spiro atoms. The summed E-state index contributed by atoms with van der Waals surface area (Å²) in [4.78, 5) is 26.4. The van der Waals surface area contributed by atoms with E-state index in [0.29, 0.717) is 38.8 Å². The maximum absolute atomic E-state index is 13.1. The van der Waals surface area contributed by atoms with Gasteiger partial charge in [0, 0.05) is 32.6 Å². The zero-order valence-corrected chi connectivity index (χ0v) is 18.9. The van der Waals surface area contributed by atoms with Crippen LogP contribution >= 0.6 is 0 Å². The second-order valence-corrected chi connectivity index (χ2v) is 9.97. The lowest BCUT2D eigenvalue weighted by atomic mass is 10.0. The molecule has 32 heavy (non-hydrogen) atoms. The van der Waals surface area contributed by atoms with E-state index < -0.39 is 15.8 Å². The Kier molecular flexibility index (Phi) is 7.98. The lowest BCUT2D eigenvalue weighted by Crippen LogP contribution is -2.49. The van der Waals surface area contributed by atoms with E-state index in [2.05, 4.69) is 5.32 Å². The van der Waals surface area contributed by atoms with Crippen LogP contribution in [0.4, 0.5) is 4.39 Å². The summed E-state index contributed by atoms with van der Waals surface area (Å²) in [5.74, 6) is -0.839. The average Bonchev–Trinajstić information content (AvgIpc) is 2.79. The topological polar surface area (TPSA) is 86.8 Å². The molecule has 1 aliphatic rings. The van der Waals surface area contributed by atoms with Crippen molar-refractivity contribution in [2.75, 3.05) is 26.7 Å². The molecule has 1 saturated heterocycles. The molecular weight excluding hydrogens is 433 g/mol. The highest BCUT2D eigenvalue weighted by atomic mass is 32.2. The normalized spacial score (nSPS) is 15.0. The number of amides is 2. The Morgan fingerprint density at radius 3 is 2.31 bits per heavy atom. The van der Waals surface area contributed by atoms with Crippen LogP contribution in [0.3, 0.4) is 0 Å². The van der Waals surface area contributed by atoms with Gasteiger partial charge in [-0.3, -0.25) is 9.59 Å². The minimum absolute atomic E-state index is 0.00278. The summed E-state index contributed by atoms with van der Waals surface area (Å²) >= 11 is 0. The summed E-state index contributed by atoms with van der Waals surface area (Å²) in [6.07, 6.45) is 2.34. The summed E-state index contributed by atoms with van der Waals surface area (Å²) < 4.78 is 39.2. The average molecular weight is 462 g/mol. The first kappa shape index (κ1) is 23.9. The van der Waals surface area contributed by atoms with Gasteiger partial charge in [0.05, 0.1) is 11.4 Å². The minimum Gasteiger partial charge on any atom is -0.353 e. The minimum atomic E-state index is -3.88. The van der Waals surface area contributed by atoms with Gasteiger partial charge in [-0.2, -0.15) is 4.31 Å². The Morgan fingerprint density at radius 2 is 1.69 bits per heavy atom. The largest absolute Gasteiger partial charge is 0.353 e. The number of likely N-dealkylation sites (N-methyl/N-ethyl adjacent to an activating group) is 1. The third-order valence-electron chi connectivity index (χ3n) is 5.58. The molecule has 172 valence electrons. The van der Waals surface area contributed by atoms with Crippen molar-refractivity contribution >= 4 is 21.8 Å². The number of aryl methyl sites for hydroxylation is 1. The van der Waals surface area contributed by atoms with Crippen molar-refractivity contribution < 1.29 is 22.4 Å². The van der Waals surface area contributed by atoms with Crippen LogP contribution in [0.15, 0.2) is 59.5 Å². The molecule has 0 saturated carbocycles. The van der Waals surface area contributed by atoms with Crippen molar-refractivity contribution in [3.8, 4) is 0 Å². The third-order valence-corrected chi connectivity index (χ3v) is 7.39.